The number of rotatable bonds is 9. The molecular formula is C26H33N5O2. The number of hydrogen-bond donors (Lipinski definition) is 0. The highest BCUT2D eigenvalue weighted by atomic mass is 16.5. The Morgan fingerprint density at radius 1 is 1.15 bits per heavy atom. The Morgan fingerprint density at radius 2 is 1.97 bits per heavy atom. The predicted octanol–water partition coefficient (Wildman–Crippen LogP) is 4.43. The normalized spacial score (nSPS) is 15.1. The summed E-state index contributed by atoms with van der Waals surface area (Å²) in [5, 5.41) is 10.4. The summed E-state index contributed by atoms with van der Waals surface area (Å²) in [6, 6.07) is 10.2. The van der Waals surface area contributed by atoms with Gasteiger partial charge in [-0.25, -0.2) is 9.97 Å². The van der Waals surface area contributed by atoms with Gasteiger partial charge in [-0.2, -0.15) is 5.26 Å². The molecule has 4 rings (SSSR count). The first kappa shape index (κ1) is 23.2. The van der Waals surface area contributed by atoms with E-state index in [1.807, 2.05) is 29.0 Å². The molecule has 0 unspecified atom stereocenters. The van der Waals surface area contributed by atoms with Crippen LogP contribution >= 0.6 is 0 Å². The van der Waals surface area contributed by atoms with E-state index in [0.717, 1.165) is 59.1 Å². The molecule has 1 fully saturated rings. The molecule has 3 aromatic rings. The number of nitrogens with zero attached hydrogens (tertiary/aromatic N) is 5. The van der Waals surface area contributed by atoms with Gasteiger partial charge in [-0.1, -0.05) is 6.92 Å². The van der Waals surface area contributed by atoms with E-state index in [0.29, 0.717) is 13.2 Å². The molecule has 0 saturated carbocycles. The van der Waals surface area contributed by atoms with Gasteiger partial charge >= 0.3 is 0 Å². The number of benzene rings is 1. The predicted molar refractivity (Wildman–Crippen MR) is 129 cm³/mol. The molecule has 1 saturated heterocycles. The summed E-state index contributed by atoms with van der Waals surface area (Å²) >= 11 is 0. The summed E-state index contributed by atoms with van der Waals surface area (Å²) < 4.78 is 13.3. The Hall–Kier alpha value is -2.95. The summed E-state index contributed by atoms with van der Waals surface area (Å²) in [4.78, 5) is 11.5. The maximum Gasteiger partial charge on any atom is 0.234 e. The van der Waals surface area contributed by atoms with Crippen molar-refractivity contribution in [1.82, 2.24) is 19.4 Å². The van der Waals surface area contributed by atoms with Crippen molar-refractivity contribution >= 4 is 11.0 Å². The van der Waals surface area contributed by atoms with Crippen LogP contribution in [0, 0.1) is 24.2 Å². The standard InChI is InChI=1S/C26H33N5O2/c1-4-30-11-7-20(8-12-30)10-15-33-23-6-5-21(17-19(23)2)25-22-9-13-31(14-16-32-3)26(22)29-24(18-27)28-25/h5-6,9,13,17,20H,4,7-8,10-12,14-16H2,1-3H3. The summed E-state index contributed by atoms with van der Waals surface area (Å²) in [5.74, 6) is 1.84. The third-order valence-corrected chi connectivity index (χ3v) is 6.64. The quantitative estimate of drug-likeness (QED) is 0.483. The number of methoxy groups -OCH3 is 1. The molecule has 0 atom stereocenters. The van der Waals surface area contributed by atoms with Crippen LogP contribution in [0.3, 0.4) is 0 Å². The van der Waals surface area contributed by atoms with Gasteiger partial charge in [0.2, 0.25) is 5.82 Å². The van der Waals surface area contributed by atoms with Gasteiger partial charge in [0, 0.05) is 30.8 Å². The smallest absolute Gasteiger partial charge is 0.234 e. The van der Waals surface area contributed by atoms with Gasteiger partial charge in [0.25, 0.3) is 0 Å². The first-order chi connectivity index (χ1) is 16.1. The van der Waals surface area contributed by atoms with E-state index < -0.39 is 0 Å². The monoisotopic (exact) mass is 447 g/mol. The van der Waals surface area contributed by atoms with E-state index in [2.05, 4.69) is 40.9 Å². The van der Waals surface area contributed by atoms with Crippen molar-refractivity contribution in [2.45, 2.75) is 39.7 Å². The van der Waals surface area contributed by atoms with Crippen LogP contribution in [-0.4, -0.2) is 59.4 Å². The number of hydrogen-bond acceptors (Lipinski definition) is 6. The van der Waals surface area contributed by atoms with Gasteiger partial charge in [0.15, 0.2) is 0 Å². The van der Waals surface area contributed by atoms with Crippen molar-refractivity contribution < 1.29 is 9.47 Å². The molecule has 33 heavy (non-hydrogen) atoms. The molecule has 7 heteroatoms. The Bertz CT molecular complexity index is 1130. The fourth-order valence-corrected chi connectivity index (χ4v) is 4.59. The Morgan fingerprint density at radius 3 is 2.67 bits per heavy atom. The lowest BCUT2D eigenvalue weighted by atomic mass is 9.94. The Balaban J connectivity index is 1.48. The largest absolute Gasteiger partial charge is 0.493 e. The van der Waals surface area contributed by atoms with Crippen LogP contribution in [0.2, 0.25) is 0 Å². The van der Waals surface area contributed by atoms with Gasteiger partial charge in [0.1, 0.15) is 17.5 Å². The van der Waals surface area contributed by atoms with Crippen LogP contribution in [0.25, 0.3) is 22.3 Å². The van der Waals surface area contributed by atoms with Gasteiger partial charge < -0.3 is 18.9 Å². The summed E-state index contributed by atoms with van der Waals surface area (Å²) in [5.41, 5.74) is 3.54. The molecule has 0 bridgehead atoms. The molecule has 174 valence electrons. The minimum Gasteiger partial charge on any atom is -0.493 e. The maximum absolute atomic E-state index is 9.47. The topological polar surface area (TPSA) is 76.2 Å². The fourth-order valence-electron chi connectivity index (χ4n) is 4.59. The Labute approximate surface area is 196 Å². The molecule has 1 aromatic carbocycles. The highest BCUT2D eigenvalue weighted by molar-refractivity contribution is 5.91. The van der Waals surface area contributed by atoms with Crippen molar-refractivity contribution in [2.75, 3.05) is 40.0 Å². The Kier molecular flexibility index (Phi) is 7.58. The van der Waals surface area contributed by atoms with Crippen LogP contribution in [0.15, 0.2) is 30.5 Å². The zero-order valence-electron chi connectivity index (χ0n) is 19.9. The summed E-state index contributed by atoms with van der Waals surface area (Å²) in [6.45, 7) is 9.86. The van der Waals surface area contributed by atoms with E-state index in [-0.39, 0.29) is 5.82 Å². The van der Waals surface area contributed by atoms with Crippen molar-refractivity contribution in [3.05, 3.63) is 41.9 Å². The second-order valence-electron chi connectivity index (χ2n) is 8.74. The van der Waals surface area contributed by atoms with E-state index in [9.17, 15) is 5.26 Å². The van der Waals surface area contributed by atoms with Gasteiger partial charge in [0.05, 0.1) is 18.9 Å². The number of nitriles is 1. The second kappa shape index (κ2) is 10.8. The molecule has 1 aliphatic heterocycles. The lowest BCUT2D eigenvalue weighted by Crippen LogP contribution is -2.33. The number of aryl methyl sites for hydroxylation is 1. The van der Waals surface area contributed by atoms with Gasteiger partial charge in [-0.05, 0) is 81.6 Å². The van der Waals surface area contributed by atoms with Crippen LogP contribution in [0.4, 0.5) is 0 Å². The van der Waals surface area contributed by atoms with Crippen LogP contribution in [0.1, 0.15) is 37.6 Å². The van der Waals surface area contributed by atoms with E-state index in [1.54, 1.807) is 7.11 Å². The van der Waals surface area contributed by atoms with Crippen LogP contribution < -0.4 is 4.74 Å². The molecule has 7 nitrogen and oxygen atoms in total. The van der Waals surface area contributed by atoms with Crippen molar-refractivity contribution in [2.24, 2.45) is 5.92 Å². The lowest BCUT2D eigenvalue weighted by Gasteiger charge is -2.30. The SMILES string of the molecule is CCN1CCC(CCOc2ccc(-c3nc(C#N)nc4c3ccn4CCOC)cc2C)CC1. The molecule has 0 N–H and O–H groups in total. The average molecular weight is 448 g/mol. The maximum atomic E-state index is 9.47. The first-order valence-corrected chi connectivity index (χ1v) is 11.8. The highest BCUT2D eigenvalue weighted by Gasteiger charge is 2.18. The van der Waals surface area contributed by atoms with Crippen LogP contribution in [0.5, 0.6) is 5.75 Å². The number of fused-ring (bicyclic) bond motifs is 1. The zero-order valence-corrected chi connectivity index (χ0v) is 19.9. The molecule has 0 spiro atoms. The average Bonchev–Trinajstić information content (AvgIpc) is 3.26. The molecule has 2 aromatic heterocycles. The third-order valence-electron chi connectivity index (χ3n) is 6.64. The molecule has 0 radical (unpaired) electrons. The fraction of sp³-hybridized carbons (Fsp3) is 0.500. The van der Waals surface area contributed by atoms with Gasteiger partial charge in [-0.15, -0.1) is 0 Å². The minimum absolute atomic E-state index is 0.168. The van der Waals surface area contributed by atoms with E-state index >= 15 is 0 Å². The zero-order chi connectivity index (χ0) is 23.2. The third kappa shape index (κ3) is 5.35. The lowest BCUT2D eigenvalue weighted by molar-refractivity contribution is 0.169. The highest BCUT2D eigenvalue weighted by Crippen LogP contribution is 2.31. The second-order valence-corrected chi connectivity index (χ2v) is 8.74. The number of aromatic nitrogens is 3. The molecule has 0 amide bonds. The number of ether oxygens (including phenoxy) is 2. The number of likely N-dealkylation sites (tertiary alicyclic amines) is 1. The molecule has 3 heterocycles. The van der Waals surface area contributed by atoms with E-state index in [1.165, 1.54) is 25.9 Å². The summed E-state index contributed by atoms with van der Waals surface area (Å²) in [7, 11) is 1.67. The minimum atomic E-state index is 0.168. The summed E-state index contributed by atoms with van der Waals surface area (Å²) in [6.07, 6.45) is 5.61. The van der Waals surface area contributed by atoms with Gasteiger partial charge in [-0.3, -0.25) is 0 Å². The number of piperidine rings is 1. The molecular weight excluding hydrogens is 414 g/mol. The molecule has 1 aliphatic rings. The van der Waals surface area contributed by atoms with Crippen molar-refractivity contribution in [3.8, 4) is 23.1 Å². The van der Waals surface area contributed by atoms with Crippen molar-refractivity contribution in [3.63, 3.8) is 0 Å². The van der Waals surface area contributed by atoms with E-state index in [4.69, 9.17) is 9.47 Å². The first-order valence-electron chi connectivity index (χ1n) is 11.8. The van der Waals surface area contributed by atoms with Crippen LogP contribution in [-0.2, 0) is 11.3 Å². The molecule has 0 aliphatic carbocycles. The van der Waals surface area contributed by atoms with Crippen molar-refractivity contribution in [1.29, 1.82) is 5.26 Å².